The molecule has 0 atom stereocenters. The highest BCUT2D eigenvalue weighted by atomic mass is 16.5. The van der Waals surface area contributed by atoms with Crippen molar-refractivity contribution >= 4 is 16.7 Å². The van der Waals surface area contributed by atoms with E-state index in [-0.39, 0.29) is 6.61 Å². The van der Waals surface area contributed by atoms with Gasteiger partial charge in [0.25, 0.3) is 0 Å². The van der Waals surface area contributed by atoms with Gasteiger partial charge in [0.1, 0.15) is 6.61 Å². The van der Waals surface area contributed by atoms with Gasteiger partial charge in [0.05, 0.1) is 25.4 Å². The summed E-state index contributed by atoms with van der Waals surface area (Å²) in [5, 5.41) is 2.33. The van der Waals surface area contributed by atoms with Gasteiger partial charge in [0.2, 0.25) is 5.75 Å². The van der Waals surface area contributed by atoms with Gasteiger partial charge in [-0.25, -0.2) is 4.79 Å². The lowest BCUT2D eigenvalue weighted by Crippen LogP contribution is -2.09. The van der Waals surface area contributed by atoms with Gasteiger partial charge >= 0.3 is 5.97 Å². The Labute approximate surface area is 510 Å². The van der Waals surface area contributed by atoms with E-state index in [1.54, 1.807) is 6.20 Å². The fraction of sp³-hybridized carbons (Fsp3) is 0.714. The van der Waals surface area contributed by atoms with Gasteiger partial charge in [0, 0.05) is 18.0 Å². The summed E-state index contributed by atoms with van der Waals surface area (Å²) in [6.07, 6.45) is 67.7. The summed E-state index contributed by atoms with van der Waals surface area (Å²) in [6, 6.07) is 20.6. The zero-order valence-corrected chi connectivity index (χ0v) is 54.2. The highest BCUT2D eigenvalue weighted by Crippen LogP contribution is 2.40. The minimum atomic E-state index is -0.407. The minimum absolute atomic E-state index is 0.0866. The van der Waals surface area contributed by atoms with Crippen molar-refractivity contribution in [3.63, 3.8) is 0 Å². The van der Waals surface area contributed by atoms with Gasteiger partial charge in [-0.05, 0) is 65.4 Å². The number of rotatable bonds is 58. The largest absolute Gasteiger partial charge is 0.490 e. The summed E-state index contributed by atoms with van der Waals surface area (Å²) < 4.78 is 26.2. The van der Waals surface area contributed by atoms with E-state index in [0.29, 0.717) is 42.6 Å². The van der Waals surface area contributed by atoms with Crippen molar-refractivity contribution in [1.82, 2.24) is 4.98 Å². The Kier molecular flexibility index (Phi) is 44.0. The summed E-state index contributed by atoms with van der Waals surface area (Å²) in [6.45, 7) is 8.84. The molecule has 0 aliphatic carbocycles. The van der Waals surface area contributed by atoms with E-state index in [9.17, 15) is 4.79 Å². The molecule has 468 valence electrons. The molecule has 0 saturated heterocycles. The first-order valence-corrected chi connectivity index (χ1v) is 35.8. The first kappa shape index (κ1) is 71.4. The maximum absolute atomic E-state index is 13.8. The van der Waals surface area contributed by atoms with Crippen LogP contribution in [0.5, 0.6) is 17.2 Å². The van der Waals surface area contributed by atoms with Crippen molar-refractivity contribution in [2.75, 3.05) is 19.8 Å². The van der Waals surface area contributed by atoms with Crippen LogP contribution in [0.1, 0.15) is 345 Å². The molecule has 1 aromatic heterocycles. The lowest BCUT2D eigenvalue weighted by Gasteiger charge is -2.19. The van der Waals surface area contributed by atoms with Crippen molar-refractivity contribution in [2.24, 2.45) is 0 Å². The van der Waals surface area contributed by atoms with E-state index in [1.165, 1.54) is 275 Å². The predicted molar refractivity (Wildman–Crippen MR) is 358 cm³/mol. The molecule has 0 amide bonds. The number of benzene rings is 3. The predicted octanol–water partition coefficient (Wildman–Crippen LogP) is 25.2. The van der Waals surface area contributed by atoms with Crippen LogP contribution < -0.4 is 14.2 Å². The fourth-order valence-electron chi connectivity index (χ4n) is 11.9. The molecule has 6 nitrogen and oxygen atoms in total. The lowest BCUT2D eigenvalue weighted by atomic mass is 10.0. The van der Waals surface area contributed by atoms with Crippen LogP contribution in [0.4, 0.5) is 0 Å². The molecule has 4 aromatic rings. The average Bonchev–Trinajstić information content (AvgIpc) is 3.72. The van der Waals surface area contributed by atoms with Crippen molar-refractivity contribution in [2.45, 2.75) is 336 Å². The van der Waals surface area contributed by atoms with E-state index < -0.39 is 5.97 Å². The third-order valence-corrected chi connectivity index (χ3v) is 17.3. The smallest absolute Gasteiger partial charge is 0.340 e. The summed E-state index contributed by atoms with van der Waals surface area (Å²) >= 11 is 0. The Morgan fingerprint density at radius 2 is 0.675 bits per heavy atom. The lowest BCUT2D eigenvalue weighted by molar-refractivity contribution is 0.0471. The Morgan fingerprint density at radius 1 is 0.337 bits per heavy atom. The number of carbonyl (C=O) groups excluding carboxylic acids is 1. The Morgan fingerprint density at radius 3 is 1.05 bits per heavy atom. The molecular formula is C77H125NO5. The number of hydrogen-bond acceptors (Lipinski definition) is 6. The number of unbranched alkanes of at least 4 members (excludes halogenated alkanes) is 45. The summed E-state index contributed by atoms with van der Waals surface area (Å²) in [5.74, 6) is 1.67. The highest BCUT2D eigenvalue weighted by Gasteiger charge is 2.18. The zero-order chi connectivity index (χ0) is 58.6. The van der Waals surface area contributed by atoms with E-state index >= 15 is 0 Å². The Balaban J connectivity index is 1.31. The molecular weight excluding hydrogens is 1020 g/mol. The maximum Gasteiger partial charge on any atom is 0.340 e. The van der Waals surface area contributed by atoms with Crippen LogP contribution in [0.3, 0.4) is 0 Å². The molecule has 0 N–H and O–H groups in total. The van der Waals surface area contributed by atoms with Crippen LogP contribution in [-0.4, -0.2) is 30.8 Å². The molecule has 0 aliphatic rings. The normalized spacial score (nSPS) is 11.5. The van der Waals surface area contributed by atoms with E-state index in [4.69, 9.17) is 18.9 Å². The fourth-order valence-corrected chi connectivity index (χ4v) is 11.9. The van der Waals surface area contributed by atoms with Gasteiger partial charge in [-0.1, -0.05) is 346 Å². The van der Waals surface area contributed by atoms with Crippen molar-refractivity contribution in [1.29, 1.82) is 0 Å². The number of esters is 1. The molecule has 0 fully saturated rings. The topological polar surface area (TPSA) is 66.9 Å². The first-order chi connectivity index (χ1) is 41.1. The number of hydrogen-bond donors (Lipinski definition) is 0. The number of nitrogens with zero attached hydrogens (tertiary/aromatic N) is 1. The monoisotopic (exact) mass is 1140 g/mol. The number of carbonyl (C=O) groups is 1. The van der Waals surface area contributed by atoms with Gasteiger partial charge in [-0.2, -0.15) is 0 Å². The standard InChI is InChI=1S/C77H125NO5/c1-4-7-10-13-16-19-22-25-28-31-34-37-40-43-46-51-58-80-74-61-68(67-83-77(79)73-64-72(65-78-66-73)71-57-56-69-54-49-50-55-70(69)63-71)62-75(81-59-52-47-44-41-38-35-32-29-26-23-20-17-14-11-8-5-2)76(74)82-60-53-48-45-42-39-36-33-30-27-24-21-18-15-12-9-6-3/h49-50,54-57,61-66H,4-48,51-53,58-60,67H2,1-3H3. The number of aromatic nitrogens is 1. The second-order valence-corrected chi connectivity index (χ2v) is 25.0. The summed E-state index contributed by atoms with van der Waals surface area (Å²) in [5.41, 5.74) is 3.15. The highest BCUT2D eigenvalue weighted by molar-refractivity contribution is 5.92. The van der Waals surface area contributed by atoms with Crippen molar-refractivity contribution in [3.8, 4) is 28.4 Å². The molecule has 0 aliphatic heterocycles. The van der Waals surface area contributed by atoms with Crippen LogP contribution in [0.25, 0.3) is 21.9 Å². The number of ether oxygens (including phenoxy) is 4. The quantitative estimate of drug-likeness (QED) is 0.0324. The van der Waals surface area contributed by atoms with Crippen LogP contribution in [0, 0.1) is 0 Å². The summed E-state index contributed by atoms with van der Waals surface area (Å²) in [4.78, 5) is 18.2. The molecule has 4 rings (SSSR count). The van der Waals surface area contributed by atoms with E-state index in [0.717, 1.165) is 60.6 Å². The van der Waals surface area contributed by atoms with Gasteiger partial charge in [-0.15, -0.1) is 0 Å². The molecule has 0 bridgehead atoms. The van der Waals surface area contributed by atoms with Crippen molar-refractivity contribution < 1.29 is 23.7 Å². The Bertz CT molecular complexity index is 2070. The van der Waals surface area contributed by atoms with Gasteiger partial charge < -0.3 is 18.9 Å². The molecule has 0 unspecified atom stereocenters. The van der Waals surface area contributed by atoms with Crippen LogP contribution in [-0.2, 0) is 11.3 Å². The third-order valence-electron chi connectivity index (χ3n) is 17.3. The molecule has 0 saturated carbocycles. The van der Waals surface area contributed by atoms with Gasteiger partial charge in [0.15, 0.2) is 11.5 Å². The number of pyridine rings is 1. The van der Waals surface area contributed by atoms with Crippen LogP contribution in [0.2, 0.25) is 0 Å². The average molecular weight is 1140 g/mol. The summed E-state index contributed by atoms with van der Waals surface area (Å²) in [7, 11) is 0. The molecule has 0 spiro atoms. The SMILES string of the molecule is CCCCCCCCCCCCCCCCCCOc1cc(COC(=O)c2cncc(-c3ccc4ccccc4c3)c2)cc(OCCCCCCCCCCCCCCCCCC)c1OCCCCCCCCCCCCCCCCCC. The second kappa shape index (κ2) is 51.2. The Hall–Kier alpha value is -4.06. The maximum atomic E-state index is 13.8. The van der Waals surface area contributed by atoms with Gasteiger partial charge in [-0.3, -0.25) is 4.98 Å². The molecule has 0 radical (unpaired) electrons. The molecule has 1 heterocycles. The molecule has 3 aromatic carbocycles. The second-order valence-electron chi connectivity index (χ2n) is 25.0. The van der Waals surface area contributed by atoms with E-state index in [2.05, 4.69) is 68.2 Å². The van der Waals surface area contributed by atoms with E-state index in [1.807, 2.05) is 24.4 Å². The number of fused-ring (bicyclic) bond motifs is 1. The first-order valence-electron chi connectivity index (χ1n) is 35.8. The zero-order valence-electron chi connectivity index (χ0n) is 54.2. The van der Waals surface area contributed by atoms with Crippen LogP contribution >= 0.6 is 0 Å². The van der Waals surface area contributed by atoms with Crippen molar-refractivity contribution in [3.05, 3.63) is 84.2 Å². The third kappa shape index (κ3) is 35.9. The minimum Gasteiger partial charge on any atom is -0.490 e. The molecule has 6 heteroatoms. The van der Waals surface area contributed by atoms with Crippen LogP contribution in [0.15, 0.2) is 73.1 Å². The molecule has 83 heavy (non-hydrogen) atoms.